The zero-order chi connectivity index (χ0) is 17.4. The Morgan fingerprint density at radius 2 is 1.96 bits per heavy atom. The van der Waals surface area contributed by atoms with Crippen LogP contribution in [0.2, 0.25) is 5.02 Å². The molecule has 2 rings (SSSR count). The van der Waals surface area contributed by atoms with Gasteiger partial charge in [0.2, 0.25) is 0 Å². The number of nitrogens with one attached hydrogen (secondary N) is 1. The minimum Gasteiger partial charge on any atom is -0.450 e. The fourth-order valence-corrected chi connectivity index (χ4v) is 2.87. The van der Waals surface area contributed by atoms with Crippen LogP contribution in [0.1, 0.15) is 12.5 Å². The molecule has 1 aromatic rings. The number of rotatable bonds is 4. The van der Waals surface area contributed by atoms with Gasteiger partial charge in [0.05, 0.1) is 6.61 Å². The number of nitrogens with zero attached hydrogens (tertiary/aromatic N) is 3. The van der Waals surface area contributed by atoms with Gasteiger partial charge in [0.15, 0.2) is 5.96 Å². The molecule has 140 valence electrons. The van der Waals surface area contributed by atoms with E-state index in [0.29, 0.717) is 19.7 Å². The van der Waals surface area contributed by atoms with Crippen molar-refractivity contribution in [3.05, 3.63) is 34.9 Å². The number of aliphatic imine (C=N–C) groups is 1. The molecular weight excluding hydrogens is 455 g/mol. The highest BCUT2D eigenvalue weighted by atomic mass is 127. The van der Waals surface area contributed by atoms with Crippen LogP contribution in [-0.2, 0) is 11.2 Å². The van der Waals surface area contributed by atoms with E-state index in [0.717, 1.165) is 37.0 Å². The monoisotopic (exact) mass is 480 g/mol. The second kappa shape index (κ2) is 11.4. The van der Waals surface area contributed by atoms with Crippen molar-refractivity contribution in [2.75, 3.05) is 46.4 Å². The van der Waals surface area contributed by atoms with Gasteiger partial charge in [0, 0.05) is 44.8 Å². The van der Waals surface area contributed by atoms with Crippen molar-refractivity contribution in [2.45, 2.75) is 13.3 Å². The standard InChI is InChI=1S/C17H25ClN4O2.HI/c1-3-24-17(23)22-11-9-21(10-12-22)16(19-2)20-8-7-14-5-4-6-15(18)13-14;/h4-6,13H,3,7-12H2,1-2H3,(H,19,20);1H. The van der Waals surface area contributed by atoms with Gasteiger partial charge in [-0.1, -0.05) is 23.7 Å². The summed E-state index contributed by atoms with van der Waals surface area (Å²) in [6.45, 7) is 5.80. The highest BCUT2D eigenvalue weighted by Crippen LogP contribution is 2.11. The third-order valence-electron chi connectivity index (χ3n) is 3.90. The molecule has 6 nitrogen and oxygen atoms in total. The molecule has 0 aromatic heterocycles. The molecule has 1 amide bonds. The average Bonchev–Trinajstić information content (AvgIpc) is 2.59. The molecule has 0 spiro atoms. The van der Waals surface area contributed by atoms with E-state index in [1.807, 2.05) is 25.1 Å². The first kappa shape index (κ1) is 21.8. The Hall–Kier alpha value is -1.22. The lowest BCUT2D eigenvalue weighted by atomic mass is 10.1. The van der Waals surface area contributed by atoms with Crippen LogP contribution in [0.25, 0.3) is 0 Å². The molecule has 1 aliphatic heterocycles. The van der Waals surface area contributed by atoms with Crippen molar-refractivity contribution < 1.29 is 9.53 Å². The third-order valence-corrected chi connectivity index (χ3v) is 4.14. The minimum atomic E-state index is -0.235. The lowest BCUT2D eigenvalue weighted by molar-refractivity contribution is 0.0915. The summed E-state index contributed by atoms with van der Waals surface area (Å²) in [5.74, 6) is 0.862. The van der Waals surface area contributed by atoms with Gasteiger partial charge < -0.3 is 19.9 Å². The topological polar surface area (TPSA) is 57.2 Å². The number of amides is 1. The number of carbonyl (C=O) groups excluding carboxylic acids is 1. The number of benzene rings is 1. The van der Waals surface area contributed by atoms with Gasteiger partial charge in [-0.15, -0.1) is 24.0 Å². The van der Waals surface area contributed by atoms with Gasteiger partial charge in [-0.2, -0.15) is 0 Å². The number of carbonyl (C=O) groups is 1. The van der Waals surface area contributed by atoms with Crippen LogP contribution in [-0.4, -0.2) is 68.2 Å². The van der Waals surface area contributed by atoms with Crippen LogP contribution in [0.5, 0.6) is 0 Å². The highest BCUT2D eigenvalue weighted by Gasteiger charge is 2.23. The smallest absolute Gasteiger partial charge is 0.409 e. The van der Waals surface area contributed by atoms with Crippen molar-refractivity contribution >= 4 is 47.6 Å². The number of ether oxygens (including phenoxy) is 1. The number of piperazine rings is 1. The molecule has 1 heterocycles. The Kier molecular flexibility index (Phi) is 9.96. The van der Waals surface area contributed by atoms with E-state index >= 15 is 0 Å². The zero-order valence-corrected chi connectivity index (χ0v) is 17.8. The summed E-state index contributed by atoms with van der Waals surface area (Å²) in [6, 6.07) is 7.88. The Bertz CT molecular complexity index is 578. The molecule has 0 radical (unpaired) electrons. The van der Waals surface area contributed by atoms with Crippen molar-refractivity contribution in [3.8, 4) is 0 Å². The second-order valence-electron chi connectivity index (χ2n) is 5.53. The van der Waals surface area contributed by atoms with Crippen molar-refractivity contribution in [3.63, 3.8) is 0 Å². The molecular formula is C17H26ClIN4O2. The van der Waals surface area contributed by atoms with Gasteiger partial charge in [-0.25, -0.2) is 4.79 Å². The van der Waals surface area contributed by atoms with Gasteiger partial charge in [-0.3, -0.25) is 4.99 Å². The Balaban J connectivity index is 0.00000312. The predicted octanol–water partition coefficient (Wildman–Crippen LogP) is 2.85. The molecule has 0 atom stereocenters. The van der Waals surface area contributed by atoms with Crippen molar-refractivity contribution in [2.24, 2.45) is 4.99 Å². The predicted molar refractivity (Wildman–Crippen MR) is 112 cm³/mol. The van der Waals surface area contributed by atoms with Gasteiger partial charge >= 0.3 is 6.09 Å². The van der Waals surface area contributed by atoms with Gasteiger partial charge in [0.25, 0.3) is 0 Å². The molecule has 0 bridgehead atoms. The summed E-state index contributed by atoms with van der Waals surface area (Å²) >= 11 is 6.00. The van der Waals surface area contributed by atoms with Crippen LogP contribution >= 0.6 is 35.6 Å². The van der Waals surface area contributed by atoms with E-state index in [-0.39, 0.29) is 30.1 Å². The summed E-state index contributed by atoms with van der Waals surface area (Å²) < 4.78 is 5.04. The number of halogens is 2. The lowest BCUT2D eigenvalue weighted by Crippen LogP contribution is -2.54. The van der Waals surface area contributed by atoms with E-state index in [1.54, 1.807) is 11.9 Å². The van der Waals surface area contributed by atoms with E-state index in [9.17, 15) is 4.79 Å². The van der Waals surface area contributed by atoms with E-state index in [1.165, 1.54) is 5.56 Å². The fourth-order valence-electron chi connectivity index (χ4n) is 2.66. The summed E-state index contributed by atoms with van der Waals surface area (Å²) in [5.41, 5.74) is 1.19. The Morgan fingerprint density at radius 1 is 1.28 bits per heavy atom. The largest absolute Gasteiger partial charge is 0.450 e. The minimum absolute atomic E-state index is 0. The normalized spacial score (nSPS) is 14.8. The van der Waals surface area contributed by atoms with E-state index in [4.69, 9.17) is 16.3 Å². The van der Waals surface area contributed by atoms with Gasteiger partial charge in [0.1, 0.15) is 0 Å². The second-order valence-corrected chi connectivity index (χ2v) is 5.96. The maximum absolute atomic E-state index is 11.7. The van der Waals surface area contributed by atoms with Crippen LogP contribution in [0.3, 0.4) is 0 Å². The maximum atomic E-state index is 11.7. The first-order chi connectivity index (χ1) is 11.6. The third kappa shape index (κ3) is 6.89. The molecule has 0 aliphatic carbocycles. The molecule has 1 fully saturated rings. The summed E-state index contributed by atoms with van der Waals surface area (Å²) in [6.07, 6.45) is 0.642. The van der Waals surface area contributed by atoms with Crippen LogP contribution in [0.15, 0.2) is 29.3 Å². The number of hydrogen-bond acceptors (Lipinski definition) is 3. The van der Waals surface area contributed by atoms with Gasteiger partial charge in [-0.05, 0) is 31.0 Å². The summed E-state index contributed by atoms with van der Waals surface area (Å²) in [7, 11) is 1.78. The summed E-state index contributed by atoms with van der Waals surface area (Å²) in [4.78, 5) is 20.0. The van der Waals surface area contributed by atoms with Crippen molar-refractivity contribution in [1.82, 2.24) is 15.1 Å². The first-order valence-electron chi connectivity index (χ1n) is 8.25. The Labute approximate surface area is 171 Å². The van der Waals surface area contributed by atoms with Crippen LogP contribution < -0.4 is 5.32 Å². The molecule has 1 aromatic carbocycles. The fraction of sp³-hybridized carbons (Fsp3) is 0.529. The Morgan fingerprint density at radius 3 is 2.56 bits per heavy atom. The zero-order valence-electron chi connectivity index (χ0n) is 14.7. The molecule has 1 aliphatic rings. The summed E-state index contributed by atoms with van der Waals surface area (Å²) in [5, 5.41) is 4.13. The quantitative estimate of drug-likeness (QED) is 0.409. The first-order valence-corrected chi connectivity index (χ1v) is 8.63. The number of guanidine groups is 1. The molecule has 25 heavy (non-hydrogen) atoms. The molecule has 0 saturated carbocycles. The molecule has 1 saturated heterocycles. The number of hydrogen-bond donors (Lipinski definition) is 1. The molecule has 1 N–H and O–H groups in total. The average molecular weight is 481 g/mol. The van der Waals surface area contributed by atoms with Crippen molar-refractivity contribution in [1.29, 1.82) is 0 Å². The van der Waals surface area contributed by atoms with E-state index in [2.05, 4.69) is 21.3 Å². The highest BCUT2D eigenvalue weighted by molar-refractivity contribution is 14.0. The molecule has 0 unspecified atom stereocenters. The lowest BCUT2D eigenvalue weighted by Gasteiger charge is -2.35. The van der Waals surface area contributed by atoms with Crippen LogP contribution in [0, 0.1) is 0 Å². The molecule has 8 heteroatoms. The maximum Gasteiger partial charge on any atom is 0.409 e. The van der Waals surface area contributed by atoms with Crippen LogP contribution in [0.4, 0.5) is 4.79 Å². The van der Waals surface area contributed by atoms with E-state index < -0.39 is 0 Å². The SMILES string of the molecule is CCOC(=O)N1CCN(C(=NC)NCCc2cccc(Cl)c2)CC1.I.